The molecule has 2 aromatic carbocycles. The minimum absolute atomic E-state index is 1.29. The quantitative estimate of drug-likeness (QED) is 0.697. The van der Waals surface area contributed by atoms with Crippen LogP contribution in [-0.4, -0.2) is 5.21 Å². The highest BCUT2D eigenvalue weighted by atomic mass is 16.4. The molecule has 0 unspecified atom stereocenters. The molecule has 2 rings (SSSR count). The van der Waals surface area contributed by atoms with Crippen molar-refractivity contribution >= 4 is 0 Å². The molecule has 2 heteroatoms. The van der Waals surface area contributed by atoms with E-state index in [0.29, 0.717) is 0 Å². The summed E-state index contributed by atoms with van der Waals surface area (Å²) in [5.41, 5.74) is 3.94. The molecular weight excluding hydrogens is 186 g/mol. The van der Waals surface area contributed by atoms with Crippen molar-refractivity contribution < 1.29 is 5.21 Å². The van der Waals surface area contributed by atoms with Crippen molar-refractivity contribution in [2.24, 2.45) is 5.90 Å². The summed E-state index contributed by atoms with van der Waals surface area (Å²) in [6, 6.07) is 18.9. The van der Waals surface area contributed by atoms with E-state index in [2.05, 4.69) is 61.4 Å². The molecule has 3 N–H and O–H groups in total. The number of nitrogens with two attached hydrogens (primary N) is 1. The molecule has 0 aliphatic carbocycles. The zero-order valence-corrected chi connectivity index (χ0v) is 8.72. The molecule has 0 aliphatic heterocycles. The van der Waals surface area contributed by atoms with Crippen molar-refractivity contribution in [1.29, 1.82) is 0 Å². The monoisotopic (exact) mass is 201 g/mol. The van der Waals surface area contributed by atoms with E-state index in [1.807, 2.05) is 6.07 Å². The summed E-state index contributed by atoms with van der Waals surface area (Å²) in [4.78, 5) is 0. The van der Waals surface area contributed by atoms with Crippen molar-refractivity contribution in [2.75, 3.05) is 0 Å². The average Bonchev–Trinajstić information content (AvgIpc) is 2.33. The van der Waals surface area contributed by atoms with Gasteiger partial charge in [0.05, 0.1) is 0 Å². The van der Waals surface area contributed by atoms with E-state index in [9.17, 15) is 0 Å². The SMILES string of the molecule is Cc1ccccc1-c1ccccc1.NO. The summed E-state index contributed by atoms with van der Waals surface area (Å²) in [6.45, 7) is 2.14. The van der Waals surface area contributed by atoms with E-state index in [1.165, 1.54) is 16.7 Å². The van der Waals surface area contributed by atoms with Gasteiger partial charge >= 0.3 is 0 Å². The Bertz CT molecular complexity index is 398. The Labute approximate surface area is 89.9 Å². The first-order valence-electron chi connectivity index (χ1n) is 4.75. The molecule has 0 spiro atoms. The zero-order chi connectivity index (χ0) is 11.1. The lowest BCUT2D eigenvalue weighted by Gasteiger charge is -2.04. The summed E-state index contributed by atoms with van der Waals surface area (Å²) in [7, 11) is 0. The van der Waals surface area contributed by atoms with Gasteiger partial charge in [0, 0.05) is 0 Å². The van der Waals surface area contributed by atoms with Crippen LogP contribution in [0.4, 0.5) is 0 Å². The second kappa shape index (κ2) is 5.96. The van der Waals surface area contributed by atoms with E-state index >= 15 is 0 Å². The predicted octanol–water partition coefficient (Wildman–Crippen LogP) is 3.00. The van der Waals surface area contributed by atoms with Crippen LogP contribution in [0.25, 0.3) is 11.1 Å². The fraction of sp³-hybridized carbons (Fsp3) is 0.0769. The van der Waals surface area contributed by atoms with E-state index in [1.54, 1.807) is 0 Å². The van der Waals surface area contributed by atoms with Gasteiger partial charge in [0.15, 0.2) is 0 Å². The lowest BCUT2D eigenvalue weighted by atomic mass is 10.0. The molecule has 15 heavy (non-hydrogen) atoms. The summed E-state index contributed by atoms with van der Waals surface area (Å²) < 4.78 is 0. The van der Waals surface area contributed by atoms with Gasteiger partial charge in [-0.2, -0.15) is 0 Å². The van der Waals surface area contributed by atoms with Crippen LogP contribution in [0.15, 0.2) is 54.6 Å². The van der Waals surface area contributed by atoms with Crippen molar-refractivity contribution in [3.63, 3.8) is 0 Å². The highest BCUT2D eigenvalue weighted by Gasteiger charge is 1.97. The molecule has 2 aromatic rings. The van der Waals surface area contributed by atoms with Gasteiger partial charge in [-0.15, -0.1) is 0 Å². The molecule has 0 heterocycles. The Balaban J connectivity index is 0.000000531. The van der Waals surface area contributed by atoms with E-state index in [4.69, 9.17) is 5.21 Å². The standard InChI is InChI=1S/C13H12.H3NO/c1-11-7-5-6-10-13(11)12-8-3-2-4-9-12;1-2/h2-10H,1H3;2H,1H2. The summed E-state index contributed by atoms with van der Waals surface area (Å²) in [6.07, 6.45) is 0. The highest BCUT2D eigenvalue weighted by Crippen LogP contribution is 2.21. The highest BCUT2D eigenvalue weighted by molar-refractivity contribution is 5.66. The third-order valence-corrected chi connectivity index (χ3v) is 2.23. The molecule has 0 amide bonds. The summed E-state index contributed by atoms with van der Waals surface area (Å²) >= 11 is 0. The zero-order valence-electron chi connectivity index (χ0n) is 8.72. The van der Waals surface area contributed by atoms with Gasteiger partial charge in [-0.3, -0.25) is 0 Å². The van der Waals surface area contributed by atoms with Gasteiger partial charge in [-0.05, 0) is 23.6 Å². The molecule has 0 bridgehead atoms. The number of aryl methyl sites for hydroxylation is 1. The number of hydrogen-bond donors (Lipinski definition) is 2. The molecule has 78 valence electrons. The lowest BCUT2D eigenvalue weighted by Crippen LogP contribution is -1.80. The Kier molecular flexibility index (Phi) is 4.54. The molecule has 0 fully saturated rings. The molecule has 0 aliphatic rings. The Morgan fingerprint density at radius 2 is 1.33 bits per heavy atom. The van der Waals surface area contributed by atoms with Gasteiger partial charge in [0.2, 0.25) is 0 Å². The van der Waals surface area contributed by atoms with Crippen molar-refractivity contribution in [3.8, 4) is 11.1 Å². The molecule has 0 saturated heterocycles. The molecule has 2 nitrogen and oxygen atoms in total. The lowest BCUT2D eigenvalue weighted by molar-refractivity contribution is 0.311. The van der Waals surface area contributed by atoms with E-state index in [-0.39, 0.29) is 0 Å². The first-order chi connectivity index (χ1) is 7.38. The molecule has 0 radical (unpaired) electrons. The van der Waals surface area contributed by atoms with Gasteiger partial charge in [0.25, 0.3) is 0 Å². The molecule has 0 atom stereocenters. The second-order valence-corrected chi connectivity index (χ2v) is 3.18. The van der Waals surface area contributed by atoms with Crippen LogP contribution < -0.4 is 5.90 Å². The first-order valence-corrected chi connectivity index (χ1v) is 4.75. The molecule has 0 saturated carbocycles. The molecule has 0 aromatic heterocycles. The topological polar surface area (TPSA) is 46.2 Å². The Morgan fingerprint density at radius 3 is 1.93 bits per heavy atom. The van der Waals surface area contributed by atoms with Gasteiger partial charge in [0.1, 0.15) is 0 Å². The van der Waals surface area contributed by atoms with Crippen LogP contribution in [0.1, 0.15) is 5.56 Å². The molecular formula is C13H15NO. The predicted molar refractivity (Wildman–Crippen MR) is 62.6 cm³/mol. The van der Waals surface area contributed by atoms with Crippen LogP contribution in [0, 0.1) is 6.92 Å². The van der Waals surface area contributed by atoms with Crippen LogP contribution in [0.5, 0.6) is 0 Å². The van der Waals surface area contributed by atoms with Crippen LogP contribution >= 0.6 is 0 Å². The number of hydrogen-bond acceptors (Lipinski definition) is 2. The fourth-order valence-corrected chi connectivity index (χ4v) is 1.51. The third kappa shape index (κ3) is 2.91. The second-order valence-electron chi connectivity index (χ2n) is 3.18. The summed E-state index contributed by atoms with van der Waals surface area (Å²) in [5, 5.41) is 6.50. The van der Waals surface area contributed by atoms with Gasteiger partial charge in [-0.25, -0.2) is 5.90 Å². The third-order valence-electron chi connectivity index (χ3n) is 2.23. The maximum Gasteiger partial charge on any atom is -0.0155 e. The van der Waals surface area contributed by atoms with Crippen LogP contribution in [0.3, 0.4) is 0 Å². The van der Waals surface area contributed by atoms with Crippen LogP contribution in [-0.2, 0) is 0 Å². The fourth-order valence-electron chi connectivity index (χ4n) is 1.51. The number of rotatable bonds is 1. The van der Waals surface area contributed by atoms with Crippen molar-refractivity contribution in [3.05, 3.63) is 60.2 Å². The van der Waals surface area contributed by atoms with Crippen molar-refractivity contribution in [1.82, 2.24) is 0 Å². The van der Waals surface area contributed by atoms with Gasteiger partial charge < -0.3 is 5.21 Å². The van der Waals surface area contributed by atoms with Gasteiger partial charge in [-0.1, -0.05) is 54.6 Å². The van der Waals surface area contributed by atoms with Crippen molar-refractivity contribution in [2.45, 2.75) is 6.92 Å². The normalized spacial score (nSPS) is 9.00. The maximum atomic E-state index is 6.50. The minimum Gasteiger partial charge on any atom is -0.320 e. The van der Waals surface area contributed by atoms with Crippen LogP contribution in [0.2, 0.25) is 0 Å². The largest absolute Gasteiger partial charge is 0.320 e. The first kappa shape index (κ1) is 11.4. The minimum atomic E-state index is 1.29. The van der Waals surface area contributed by atoms with E-state index in [0.717, 1.165) is 0 Å². The Hall–Kier alpha value is -1.64. The number of benzene rings is 2. The smallest absolute Gasteiger partial charge is 0.0155 e. The maximum absolute atomic E-state index is 6.50. The summed E-state index contributed by atoms with van der Waals surface area (Å²) in [5.74, 6) is 3.50. The average molecular weight is 201 g/mol. The Morgan fingerprint density at radius 1 is 0.800 bits per heavy atom. The van der Waals surface area contributed by atoms with E-state index < -0.39 is 0 Å².